The van der Waals surface area contributed by atoms with E-state index < -0.39 is 0 Å². The summed E-state index contributed by atoms with van der Waals surface area (Å²) in [6.07, 6.45) is 5.16. The molecule has 4 N–H and O–H groups in total. The Labute approximate surface area is 127 Å². The predicted octanol–water partition coefficient (Wildman–Crippen LogP) is 0.405. The van der Waals surface area contributed by atoms with Gasteiger partial charge in [-0.3, -0.25) is 4.90 Å². The minimum absolute atomic E-state index is 0. The van der Waals surface area contributed by atoms with Crippen LogP contribution in [0.3, 0.4) is 0 Å². The summed E-state index contributed by atoms with van der Waals surface area (Å²) in [5.41, 5.74) is 0. The van der Waals surface area contributed by atoms with Crippen LogP contribution < -0.4 is 11.5 Å². The first-order valence-electron chi connectivity index (χ1n) is 8.18. The van der Waals surface area contributed by atoms with Gasteiger partial charge >= 0.3 is 0 Å². The summed E-state index contributed by atoms with van der Waals surface area (Å²) in [5, 5.41) is 3.46. The van der Waals surface area contributed by atoms with Crippen LogP contribution in [-0.2, 0) is 14.2 Å². The smallest absolute Gasteiger partial charge is 0.0825 e. The first-order chi connectivity index (χ1) is 9.88. The van der Waals surface area contributed by atoms with Crippen molar-refractivity contribution in [3.8, 4) is 0 Å². The quantitative estimate of drug-likeness (QED) is 0.631. The fourth-order valence-corrected chi connectivity index (χ4v) is 3.62. The maximum absolute atomic E-state index is 5.52. The van der Waals surface area contributed by atoms with Crippen LogP contribution in [0.1, 0.15) is 19.3 Å². The first kappa shape index (κ1) is 15.6. The van der Waals surface area contributed by atoms with E-state index in [1.54, 1.807) is 0 Å². The molecule has 6 nitrogen and oxygen atoms in total. The Morgan fingerprint density at radius 2 is 1.33 bits per heavy atom. The van der Waals surface area contributed by atoms with Gasteiger partial charge in [0.05, 0.1) is 38.1 Å². The molecule has 0 bridgehead atoms. The lowest BCUT2D eigenvalue weighted by Gasteiger charge is -2.39. The van der Waals surface area contributed by atoms with Crippen LogP contribution >= 0.6 is 0 Å². The SMILES string of the molecule is C1CN(C(CC2CO2)C(CC2CO2)CC2CO2)CCN1.N. The molecule has 0 spiro atoms. The molecule has 4 saturated heterocycles. The van der Waals surface area contributed by atoms with E-state index >= 15 is 0 Å². The molecule has 6 heteroatoms. The normalized spacial score (nSPS) is 37.4. The monoisotopic (exact) mass is 299 g/mol. The second kappa shape index (κ2) is 6.89. The molecule has 4 heterocycles. The number of epoxide rings is 3. The van der Waals surface area contributed by atoms with Crippen LogP contribution in [0.2, 0.25) is 0 Å². The van der Waals surface area contributed by atoms with Crippen molar-refractivity contribution in [1.82, 2.24) is 16.4 Å². The van der Waals surface area contributed by atoms with E-state index in [4.69, 9.17) is 14.2 Å². The van der Waals surface area contributed by atoms with Gasteiger partial charge in [-0.2, -0.15) is 0 Å². The van der Waals surface area contributed by atoms with Crippen LogP contribution in [0, 0.1) is 5.92 Å². The van der Waals surface area contributed by atoms with Gasteiger partial charge in [-0.1, -0.05) is 0 Å². The maximum Gasteiger partial charge on any atom is 0.0825 e. The average Bonchev–Trinajstić information content (AvgIpc) is 3.32. The number of hydrogen-bond acceptors (Lipinski definition) is 6. The van der Waals surface area contributed by atoms with Gasteiger partial charge in [-0.25, -0.2) is 0 Å². The van der Waals surface area contributed by atoms with Gasteiger partial charge in [-0.05, 0) is 25.2 Å². The summed E-state index contributed by atoms with van der Waals surface area (Å²) < 4.78 is 16.5. The van der Waals surface area contributed by atoms with Crippen molar-refractivity contribution in [2.45, 2.75) is 43.6 Å². The minimum atomic E-state index is 0. The topological polar surface area (TPSA) is 87.9 Å². The molecule has 4 fully saturated rings. The molecule has 0 aromatic rings. The number of nitrogens with zero attached hydrogens (tertiary/aromatic N) is 1. The van der Waals surface area contributed by atoms with Crippen LogP contribution in [0.15, 0.2) is 0 Å². The lowest BCUT2D eigenvalue weighted by Crippen LogP contribution is -2.51. The molecule has 4 aliphatic rings. The molecule has 4 unspecified atom stereocenters. The highest BCUT2D eigenvalue weighted by Gasteiger charge is 2.40. The van der Waals surface area contributed by atoms with Crippen LogP contribution in [-0.4, -0.2) is 75.3 Å². The third-order valence-corrected chi connectivity index (χ3v) is 5.01. The number of nitrogens with one attached hydrogen (secondary N) is 1. The Morgan fingerprint density at radius 1 is 0.857 bits per heavy atom. The van der Waals surface area contributed by atoms with Gasteiger partial charge < -0.3 is 25.7 Å². The Balaban J connectivity index is 0.00000132. The molecule has 4 aliphatic heterocycles. The molecule has 122 valence electrons. The van der Waals surface area contributed by atoms with Crippen molar-refractivity contribution in [2.75, 3.05) is 46.0 Å². The van der Waals surface area contributed by atoms with Gasteiger partial charge in [0.15, 0.2) is 0 Å². The lowest BCUT2D eigenvalue weighted by molar-refractivity contribution is 0.0916. The number of piperazine rings is 1. The van der Waals surface area contributed by atoms with E-state index in [0.717, 1.165) is 32.9 Å². The standard InChI is InChI=1S/C15H26N2O3.H3N/c1-3-17(4-2-16-1)15(7-14-10-20-14)11(5-12-8-18-12)6-13-9-19-13;/h11-16H,1-10H2;1H3. The predicted molar refractivity (Wildman–Crippen MR) is 79.8 cm³/mol. The highest BCUT2D eigenvalue weighted by Crippen LogP contribution is 2.35. The Bertz CT molecular complexity index is 312. The molecule has 0 saturated carbocycles. The minimum Gasteiger partial charge on any atom is -0.373 e. The van der Waals surface area contributed by atoms with Gasteiger partial charge in [-0.15, -0.1) is 0 Å². The van der Waals surface area contributed by atoms with Crippen molar-refractivity contribution >= 4 is 0 Å². The van der Waals surface area contributed by atoms with Crippen molar-refractivity contribution in [2.24, 2.45) is 5.92 Å². The fourth-order valence-electron chi connectivity index (χ4n) is 3.62. The van der Waals surface area contributed by atoms with Crippen molar-refractivity contribution in [3.05, 3.63) is 0 Å². The van der Waals surface area contributed by atoms with E-state index in [2.05, 4.69) is 10.2 Å². The molecule has 0 aromatic carbocycles. The molecule has 4 atom stereocenters. The molecular formula is C15H29N3O3. The van der Waals surface area contributed by atoms with Crippen LogP contribution in [0.4, 0.5) is 0 Å². The molecule has 0 amide bonds. The third kappa shape index (κ3) is 4.61. The Kier molecular flexibility index (Phi) is 5.14. The molecule has 0 aliphatic carbocycles. The maximum atomic E-state index is 5.52. The summed E-state index contributed by atoms with van der Waals surface area (Å²) >= 11 is 0. The molecule has 0 aromatic heterocycles. The molecule has 0 radical (unpaired) electrons. The van der Waals surface area contributed by atoms with Gasteiger partial charge in [0.1, 0.15) is 0 Å². The van der Waals surface area contributed by atoms with Crippen LogP contribution in [0.5, 0.6) is 0 Å². The van der Waals surface area contributed by atoms with E-state index in [0.29, 0.717) is 30.3 Å². The van der Waals surface area contributed by atoms with Crippen molar-refractivity contribution in [3.63, 3.8) is 0 Å². The molecular weight excluding hydrogens is 270 g/mol. The van der Waals surface area contributed by atoms with E-state index in [1.165, 1.54) is 32.4 Å². The van der Waals surface area contributed by atoms with Gasteiger partial charge in [0.2, 0.25) is 0 Å². The zero-order valence-electron chi connectivity index (χ0n) is 12.8. The number of hydrogen-bond donors (Lipinski definition) is 2. The van der Waals surface area contributed by atoms with Crippen molar-refractivity contribution < 1.29 is 14.2 Å². The Hall–Kier alpha value is -0.240. The van der Waals surface area contributed by atoms with Gasteiger partial charge in [0.25, 0.3) is 0 Å². The summed E-state index contributed by atoms with van der Waals surface area (Å²) in [7, 11) is 0. The zero-order valence-corrected chi connectivity index (χ0v) is 12.8. The largest absolute Gasteiger partial charge is 0.373 e. The second-order valence-electron chi connectivity index (χ2n) is 6.69. The van der Waals surface area contributed by atoms with Crippen LogP contribution in [0.25, 0.3) is 0 Å². The molecule has 4 rings (SSSR count). The second-order valence-corrected chi connectivity index (χ2v) is 6.69. The average molecular weight is 299 g/mol. The first-order valence-corrected chi connectivity index (χ1v) is 8.18. The molecule has 21 heavy (non-hydrogen) atoms. The number of ether oxygens (including phenoxy) is 3. The summed E-state index contributed by atoms with van der Waals surface area (Å²) in [4.78, 5) is 2.69. The Morgan fingerprint density at radius 3 is 1.81 bits per heavy atom. The zero-order chi connectivity index (χ0) is 13.4. The number of rotatable bonds is 8. The van der Waals surface area contributed by atoms with E-state index in [1.807, 2.05) is 0 Å². The van der Waals surface area contributed by atoms with Crippen molar-refractivity contribution in [1.29, 1.82) is 0 Å². The summed E-state index contributed by atoms with van der Waals surface area (Å²) in [5.74, 6) is 0.706. The van der Waals surface area contributed by atoms with E-state index in [9.17, 15) is 0 Å². The van der Waals surface area contributed by atoms with Gasteiger partial charge in [0, 0.05) is 32.2 Å². The van der Waals surface area contributed by atoms with E-state index in [-0.39, 0.29) is 6.15 Å². The third-order valence-electron chi connectivity index (χ3n) is 5.01. The fraction of sp³-hybridized carbons (Fsp3) is 1.00. The highest BCUT2D eigenvalue weighted by atomic mass is 16.6. The summed E-state index contributed by atoms with van der Waals surface area (Å²) in [6, 6.07) is 0.651. The lowest BCUT2D eigenvalue weighted by atomic mass is 9.86. The highest BCUT2D eigenvalue weighted by molar-refractivity contribution is 4.92. The summed E-state index contributed by atoms with van der Waals surface area (Å²) in [6.45, 7) is 7.49.